The van der Waals surface area contributed by atoms with Crippen molar-refractivity contribution in [1.82, 2.24) is 19.7 Å². The smallest absolute Gasteiger partial charge is 0.404 e. The summed E-state index contributed by atoms with van der Waals surface area (Å²) in [5, 5.41) is 6.21. The second-order valence-electron chi connectivity index (χ2n) is 12.7. The van der Waals surface area contributed by atoms with Gasteiger partial charge in [0.05, 0.1) is 13.7 Å². The van der Waals surface area contributed by atoms with Crippen molar-refractivity contribution in [2.45, 2.75) is 77.2 Å². The Morgan fingerprint density at radius 1 is 1.17 bits per heavy atom. The zero-order valence-corrected chi connectivity index (χ0v) is 25.8. The number of aromatic nitrogens is 3. The summed E-state index contributed by atoms with van der Waals surface area (Å²) < 4.78 is 29.7. The summed E-state index contributed by atoms with van der Waals surface area (Å²) in [6.45, 7) is 10.3. The first kappa shape index (κ1) is 31.1. The highest BCUT2D eigenvalue weighted by Gasteiger charge is 2.68. The van der Waals surface area contributed by atoms with Crippen molar-refractivity contribution in [1.29, 1.82) is 0 Å². The van der Waals surface area contributed by atoms with Gasteiger partial charge < -0.3 is 20.1 Å². The number of nitrogens with zero attached hydrogens (tertiary/aromatic N) is 4. The number of rotatable bonds is 8. The standard InChI is InChI=1S/C30H38FN5O5S/c1-27(2,3)20-10-9-19(15-21(20)40-7)24(37)36-22(23-33-12-14-42-23)29(31,18-41-26(32)39)16-30(36,25(38)28(4,5)6)17-35-13-8-11-34-35/h8-15,22H,16-18H2,1-7H3,(H2,32,39). The topological polar surface area (TPSA) is 130 Å². The Morgan fingerprint density at radius 3 is 2.40 bits per heavy atom. The number of primary amides is 1. The van der Waals surface area contributed by atoms with Crippen LogP contribution in [0.1, 0.15) is 74.9 Å². The van der Waals surface area contributed by atoms with Crippen LogP contribution in [-0.4, -0.2) is 62.4 Å². The van der Waals surface area contributed by atoms with E-state index in [-0.39, 0.29) is 28.3 Å². The number of alkyl halides is 1. The number of carbonyl (C=O) groups excluding carboxylic acids is 3. The molecule has 3 unspecified atom stereocenters. The molecule has 3 aromatic rings. The lowest BCUT2D eigenvalue weighted by Crippen LogP contribution is -2.59. The van der Waals surface area contributed by atoms with Gasteiger partial charge in [-0.2, -0.15) is 5.10 Å². The number of halogens is 1. The van der Waals surface area contributed by atoms with Crippen molar-refractivity contribution in [2.75, 3.05) is 13.7 Å². The molecule has 2 aromatic heterocycles. The third kappa shape index (κ3) is 5.77. The van der Waals surface area contributed by atoms with Crippen molar-refractivity contribution >= 4 is 29.1 Å². The Kier molecular flexibility index (Phi) is 8.25. The van der Waals surface area contributed by atoms with E-state index in [0.717, 1.165) is 16.9 Å². The van der Waals surface area contributed by atoms with E-state index in [9.17, 15) is 14.4 Å². The van der Waals surface area contributed by atoms with Crippen molar-refractivity contribution in [2.24, 2.45) is 11.1 Å². The van der Waals surface area contributed by atoms with Crippen LogP contribution < -0.4 is 10.5 Å². The lowest BCUT2D eigenvalue weighted by Gasteiger charge is -2.42. The molecule has 2 amide bonds. The highest BCUT2D eigenvalue weighted by Crippen LogP contribution is 2.55. The minimum Gasteiger partial charge on any atom is -0.496 e. The molecule has 42 heavy (non-hydrogen) atoms. The Morgan fingerprint density at radius 2 is 1.88 bits per heavy atom. The Hall–Kier alpha value is -3.80. The summed E-state index contributed by atoms with van der Waals surface area (Å²) in [5.41, 5.74) is 0.893. The predicted molar refractivity (Wildman–Crippen MR) is 156 cm³/mol. The van der Waals surface area contributed by atoms with Crippen LogP contribution in [0.2, 0.25) is 0 Å². The average Bonchev–Trinajstić information content (AvgIpc) is 3.66. The molecule has 1 fully saturated rings. The summed E-state index contributed by atoms with van der Waals surface area (Å²) in [5.74, 6) is -0.489. The number of methoxy groups -OCH3 is 1. The number of hydrogen-bond donors (Lipinski definition) is 1. The van der Waals surface area contributed by atoms with Crippen LogP contribution in [0.15, 0.2) is 48.2 Å². The summed E-state index contributed by atoms with van der Waals surface area (Å²) in [6, 6.07) is 5.38. The fourth-order valence-electron chi connectivity index (χ4n) is 5.82. The molecule has 1 saturated heterocycles. The number of nitrogens with two attached hydrogens (primary N) is 1. The van der Waals surface area contributed by atoms with Gasteiger partial charge in [0.1, 0.15) is 28.9 Å². The number of ether oxygens (including phenoxy) is 2. The minimum atomic E-state index is -2.41. The monoisotopic (exact) mass is 599 g/mol. The van der Waals surface area contributed by atoms with Crippen LogP contribution in [0, 0.1) is 5.41 Å². The molecule has 3 heterocycles. The zero-order valence-electron chi connectivity index (χ0n) is 25.0. The third-order valence-electron chi connectivity index (χ3n) is 7.50. The molecule has 10 nitrogen and oxygen atoms in total. The molecule has 0 bridgehead atoms. The van der Waals surface area contributed by atoms with E-state index in [1.165, 1.54) is 22.9 Å². The fraction of sp³-hybridized carbons (Fsp3) is 0.500. The van der Waals surface area contributed by atoms with Crippen LogP contribution in [0.4, 0.5) is 9.18 Å². The molecule has 0 aliphatic carbocycles. The first-order chi connectivity index (χ1) is 19.5. The molecule has 0 radical (unpaired) electrons. The third-order valence-corrected chi connectivity index (χ3v) is 8.33. The first-order valence-corrected chi connectivity index (χ1v) is 14.5. The highest BCUT2D eigenvalue weighted by molar-refractivity contribution is 7.09. The Labute approximate surface area is 249 Å². The molecule has 3 atom stereocenters. The first-order valence-electron chi connectivity index (χ1n) is 13.6. The number of likely N-dealkylation sites (tertiary alicyclic amines) is 1. The largest absolute Gasteiger partial charge is 0.496 e. The van der Waals surface area contributed by atoms with Gasteiger partial charge in [-0.1, -0.05) is 47.6 Å². The Bertz CT molecular complexity index is 1450. The normalized spacial score (nSPS) is 22.7. The van der Waals surface area contributed by atoms with Gasteiger partial charge in [0.25, 0.3) is 5.91 Å². The molecule has 0 spiro atoms. The van der Waals surface area contributed by atoms with E-state index in [1.54, 1.807) is 62.8 Å². The summed E-state index contributed by atoms with van der Waals surface area (Å²) in [7, 11) is 1.52. The molecule has 4 rings (SSSR count). The van der Waals surface area contributed by atoms with E-state index in [0.29, 0.717) is 5.75 Å². The Balaban J connectivity index is 2.01. The zero-order chi connectivity index (χ0) is 31.1. The number of Topliss-reactive ketones (excluding diaryl/α,β-unsaturated/α-hetero) is 1. The van der Waals surface area contributed by atoms with Crippen LogP contribution in [0.25, 0.3) is 0 Å². The maximum atomic E-state index is 17.5. The second kappa shape index (κ2) is 11.1. The van der Waals surface area contributed by atoms with Gasteiger partial charge in [-0.15, -0.1) is 11.3 Å². The summed E-state index contributed by atoms with van der Waals surface area (Å²) in [6.07, 6.45) is 3.05. The van der Waals surface area contributed by atoms with E-state index in [2.05, 4.69) is 10.1 Å². The van der Waals surface area contributed by atoms with Crippen molar-refractivity contribution in [3.8, 4) is 5.75 Å². The molecular weight excluding hydrogens is 561 g/mol. The lowest BCUT2D eigenvalue weighted by atomic mass is 9.74. The number of ketones is 1. The SMILES string of the molecule is COc1cc(C(=O)N2C(c3nccs3)C(F)(COC(N)=O)CC2(Cn2cccn2)C(=O)C(C)(C)C)ccc1C(C)(C)C. The summed E-state index contributed by atoms with van der Waals surface area (Å²) >= 11 is 1.14. The van der Waals surface area contributed by atoms with E-state index in [4.69, 9.17) is 15.2 Å². The van der Waals surface area contributed by atoms with Crippen LogP contribution in [0.3, 0.4) is 0 Å². The number of amides is 2. The van der Waals surface area contributed by atoms with Crippen molar-refractivity contribution in [3.63, 3.8) is 0 Å². The number of carbonyl (C=O) groups is 3. The molecule has 226 valence electrons. The van der Waals surface area contributed by atoms with Crippen LogP contribution in [0.5, 0.6) is 5.75 Å². The molecule has 1 aliphatic heterocycles. The van der Waals surface area contributed by atoms with E-state index >= 15 is 4.39 Å². The number of benzene rings is 1. The van der Waals surface area contributed by atoms with Crippen LogP contribution in [-0.2, 0) is 21.5 Å². The van der Waals surface area contributed by atoms with Crippen molar-refractivity contribution in [3.05, 3.63) is 64.4 Å². The van der Waals surface area contributed by atoms with E-state index < -0.39 is 47.7 Å². The molecule has 1 aliphatic rings. The van der Waals surface area contributed by atoms with Crippen molar-refractivity contribution < 1.29 is 28.2 Å². The predicted octanol–water partition coefficient (Wildman–Crippen LogP) is 5.09. The van der Waals surface area contributed by atoms with Gasteiger partial charge in [-0.05, 0) is 29.2 Å². The average molecular weight is 600 g/mol. The summed E-state index contributed by atoms with van der Waals surface area (Å²) in [4.78, 5) is 46.6. The molecule has 0 saturated carbocycles. The number of hydrogen-bond acceptors (Lipinski definition) is 8. The quantitative estimate of drug-likeness (QED) is 0.382. The van der Waals surface area contributed by atoms with Gasteiger partial charge in [0.15, 0.2) is 11.5 Å². The van der Waals surface area contributed by atoms with Gasteiger partial charge in [-0.25, -0.2) is 14.2 Å². The number of thiazole rings is 1. The molecule has 2 N–H and O–H groups in total. The van der Waals surface area contributed by atoms with Gasteiger partial charge in [0, 0.05) is 41.4 Å². The molecular formula is C30H38FN5O5S. The maximum absolute atomic E-state index is 17.5. The van der Waals surface area contributed by atoms with Gasteiger partial charge in [-0.3, -0.25) is 14.3 Å². The molecule has 1 aromatic carbocycles. The molecule has 12 heteroatoms. The lowest BCUT2D eigenvalue weighted by molar-refractivity contribution is -0.138. The van der Waals surface area contributed by atoms with E-state index in [1.807, 2.05) is 20.8 Å². The minimum absolute atomic E-state index is 0.136. The van der Waals surface area contributed by atoms with Crippen LogP contribution >= 0.6 is 11.3 Å². The maximum Gasteiger partial charge on any atom is 0.404 e. The van der Waals surface area contributed by atoms with Gasteiger partial charge >= 0.3 is 6.09 Å². The van der Waals surface area contributed by atoms with Gasteiger partial charge in [0.2, 0.25) is 0 Å². The second-order valence-corrected chi connectivity index (χ2v) is 13.7. The fourth-order valence-corrected chi connectivity index (χ4v) is 6.65. The highest BCUT2D eigenvalue weighted by atomic mass is 32.1.